The lowest BCUT2D eigenvalue weighted by Crippen LogP contribution is -2.18. The summed E-state index contributed by atoms with van der Waals surface area (Å²) in [6.07, 6.45) is 0. The first-order valence-corrected chi connectivity index (χ1v) is 6.09. The first kappa shape index (κ1) is 12.2. The Labute approximate surface area is 107 Å². The zero-order valence-electron chi connectivity index (χ0n) is 10.1. The maximum absolute atomic E-state index is 6.38. The fourth-order valence-corrected chi connectivity index (χ4v) is 2.28. The molecule has 0 amide bonds. The number of rotatable bonds is 3. The Hall–Kier alpha value is -1.31. The van der Waals surface area contributed by atoms with Gasteiger partial charge in [0, 0.05) is 5.02 Å². The lowest BCUT2D eigenvalue weighted by molar-refractivity contribution is 0.691. The van der Waals surface area contributed by atoms with Gasteiger partial charge in [0.1, 0.15) is 0 Å². The Bertz CT molecular complexity index is 494. The Kier molecular flexibility index (Phi) is 3.82. The molecule has 0 fully saturated rings. The topological polar surface area (TPSA) is 12.0 Å². The molecule has 0 aromatic heterocycles. The summed E-state index contributed by atoms with van der Waals surface area (Å²) in [4.78, 5) is 0. The van der Waals surface area contributed by atoms with E-state index in [-0.39, 0.29) is 6.04 Å². The number of nitrogens with one attached hydrogen (secondary N) is 1. The average molecular weight is 246 g/mol. The van der Waals surface area contributed by atoms with Crippen LogP contribution in [0.2, 0.25) is 5.02 Å². The summed E-state index contributed by atoms with van der Waals surface area (Å²) in [6, 6.07) is 16.6. The first-order valence-electron chi connectivity index (χ1n) is 5.71. The second-order valence-electron chi connectivity index (χ2n) is 4.11. The lowest BCUT2D eigenvalue weighted by Gasteiger charge is -2.19. The largest absolute Gasteiger partial charge is 0.309 e. The van der Waals surface area contributed by atoms with Gasteiger partial charge >= 0.3 is 0 Å². The van der Waals surface area contributed by atoms with E-state index in [1.54, 1.807) is 0 Å². The van der Waals surface area contributed by atoms with Gasteiger partial charge in [0.25, 0.3) is 0 Å². The van der Waals surface area contributed by atoms with Crippen molar-refractivity contribution >= 4 is 11.6 Å². The van der Waals surface area contributed by atoms with Gasteiger partial charge in [-0.25, -0.2) is 0 Å². The number of benzene rings is 2. The molecule has 1 N–H and O–H groups in total. The van der Waals surface area contributed by atoms with Crippen molar-refractivity contribution in [3.63, 3.8) is 0 Å². The average Bonchev–Trinajstić information content (AvgIpc) is 2.37. The standard InChI is InChI=1S/C15H16ClN/c1-11-7-6-10-13(14(11)16)15(17-2)12-8-4-3-5-9-12/h3-10,15,17H,1-2H3. The predicted molar refractivity (Wildman–Crippen MR) is 73.5 cm³/mol. The molecule has 0 spiro atoms. The van der Waals surface area contributed by atoms with Crippen LogP contribution in [-0.2, 0) is 0 Å². The molecule has 2 aromatic carbocycles. The maximum atomic E-state index is 6.38. The zero-order valence-corrected chi connectivity index (χ0v) is 10.8. The highest BCUT2D eigenvalue weighted by atomic mass is 35.5. The second kappa shape index (κ2) is 5.35. The van der Waals surface area contributed by atoms with E-state index in [4.69, 9.17) is 11.6 Å². The van der Waals surface area contributed by atoms with Gasteiger partial charge in [-0.2, -0.15) is 0 Å². The van der Waals surface area contributed by atoms with Gasteiger partial charge in [0.2, 0.25) is 0 Å². The maximum Gasteiger partial charge on any atom is 0.0589 e. The molecule has 0 saturated carbocycles. The molecule has 0 radical (unpaired) electrons. The summed E-state index contributed by atoms with van der Waals surface area (Å²) in [5.74, 6) is 0. The zero-order chi connectivity index (χ0) is 12.3. The van der Waals surface area contributed by atoms with Crippen molar-refractivity contribution < 1.29 is 0 Å². The SMILES string of the molecule is CNC(c1ccccc1)c1cccc(C)c1Cl. The predicted octanol–water partition coefficient (Wildman–Crippen LogP) is 3.96. The molecular weight excluding hydrogens is 230 g/mol. The van der Waals surface area contributed by atoms with Crippen LogP contribution in [0.1, 0.15) is 22.7 Å². The monoisotopic (exact) mass is 245 g/mol. The van der Waals surface area contributed by atoms with E-state index in [9.17, 15) is 0 Å². The molecule has 0 bridgehead atoms. The summed E-state index contributed by atoms with van der Waals surface area (Å²) in [5.41, 5.74) is 3.46. The molecule has 1 unspecified atom stereocenters. The van der Waals surface area contributed by atoms with Gasteiger partial charge in [-0.3, -0.25) is 0 Å². The van der Waals surface area contributed by atoms with Crippen molar-refractivity contribution in [2.24, 2.45) is 0 Å². The minimum Gasteiger partial charge on any atom is -0.309 e. The number of halogens is 1. The summed E-state index contributed by atoms with van der Waals surface area (Å²) < 4.78 is 0. The molecular formula is C15H16ClN. The molecule has 2 heteroatoms. The third-order valence-corrected chi connectivity index (χ3v) is 3.47. The molecule has 0 aliphatic rings. The van der Waals surface area contributed by atoms with Gasteiger partial charge in [-0.15, -0.1) is 0 Å². The molecule has 1 nitrogen and oxygen atoms in total. The molecule has 0 aliphatic heterocycles. The van der Waals surface area contributed by atoms with Crippen LogP contribution in [0, 0.1) is 6.92 Å². The van der Waals surface area contributed by atoms with Crippen LogP contribution < -0.4 is 5.32 Å². The molecule has 17 heavy (non-hydrogen) atoms. The van der Waals surface area contributed by atoms with E-state index in [0.717, 1.165) is 16.1 Å². The van der Waals surface area contributed by atoms with Crippen LogP contribution in [0.5, 0.6) is 0 Å². The summed E-state index contributed by atoms with van der Waals surface area (Å²) in [5, 5.41) is 4.16. The third-order valence-electron chi connectivity index (χ3n) is 2.95. The van der Waals surface area contributed by atoms with E-state index >= 15 is 0 Å². The smallest absolute Gasteiger partial charge is 0.0589 e. The Morgan fingerprint density at radius 3 is 2.35 bits per heavy atom. The Morgan fingerprint density at radius 1 is 1.00 bits per heavy atom. The summed E-state index contributed by atoms with van der Waals surface area (Å²) >= 11 is 6.38. The highest BCUT2D eigenvalue weighted by Gasteiger charge is 2.15. The third kappa shape index (κ3) is 2.51. The quantitative estimate of drug-likeness (QED) is 0.863. The minimum absolute atomic E-state index is 0.142. The summed E-state index contributed by atoms with van der Waals surface area (Å²) in [6.45, 7) is 2.03. The van der Waals surface area contributed by atoms with E-state index in [1.807, 2.05) is 44.3 Å². The fraction of sp³-hybridized carbons (Fsp3) is 0.200. The van der Waals surface area contributed by atoms with Crippen LogP contribution in [0.3, 0.4) is 0 Å². The van der Waals surface area contributed by atoms with Gasteiger partial charge in [0.15, 0.2) is 0 Å². The van der Waals surface area contributed by atoms with E-state index in [0.29, 0.717) is 0 Å². The van der Waals surface area contributed by atoms with E-state index < -0.39 is 0 Å². The first-order chi connectivity index (χ1) is 8.24. The highest BCUT2D eigenvalue weighted by molar-refractivity contribution is 6.32. The van der Waals surface area contributed by atoms with E-state index in [1.165, 1.54) is 5.56 Å². The fourth-order valence-electron chi connectivity index (χ4n) is 2.04. The summed E-state index contributed by atoms with van der Waals surface area (Å²) in [7, 11) is 1.95. The van der Waals surface area contributed by atoms with Gasteiger partial charge < -0.3 is 5.32 Å². The van der Waals surface area contributed by atoms with E-state index in [2.05, 4.69) is 23.5 Å². The number of hydrogen-bond acceptors (Lipinski definition) is 1. The normalized spacial score (nSPS) is 12.4. The van der Waals surface area contributed by atoms with Crippen LogP contribution >= 0.6 is 11.6 Å². The second-order valence-corrected chi connectivity index (χ2v) is 4.49. The molecule has 0 saturated heterocycles. The minimum atomic E-state index is 0.142. The van der Waals surface area contributed by atoms with Crippen molar-refractivity contribution in [2.75, 3.05) is 7.05 Å². The van der Waals surface area contributed by atoms with Crippen LogP contribution in [0.25, 0.3) is 0 Å². The lowest BCUT2D eigenvalue weighted by atomic mass is 9.97. The molecule has 2 aromatic rings. The van der Waals surface area contributed by atoms with Gasteiger partial charge in [-0.05, 0) is 30.7 Å². The number of hydrogen-bond donors (Lipinski definition) is 1. The van der Waals surface area contributed by atoms with Gasteiger partial charge in [-0.1, -0.05) is 60.1 Å². The van der Waals surface area contributed by atoms with Gasteiger partial charge in [0.05, 0.1) is 6.04 Å². The molecule has 0 heterocycles. The molecule has 88 valence electrons. The Balaban J connectivity index is 2.46. The van der Waals surface area contributed by atoms with Crippen molar-refractivity contribution in [2.45, 2.75) is 13.0 Å². The van der Waals surface area contributed by atoms with Crippen LogP contribution in [0.4, 0.5) is 0 Å². The van der Waals surface area contributed by atoms with Crippen molar-refractivity contribution in [1.82, 2.24) is 5.32 Å². The van der Waals surface area contributed by atoms with Crippen molar-refractivity contribution in [3.8, 4) is 0 Å². The molecule has 1 atom stereocenters. The highest BCUT2D eigenvalue weighted by Crippen LogP contribution is 2.29. The van der Waals surface area contributed by atoms with Crippen LogP contribution in [-0.4, -0.2) is 7.05 Å². The van der Waals surface area contributed by atoms with Crippen molar-refractivity contribution in [1.29, 1.82) is 0 Å². The molecule has 0 aliphatic carbocycles. The number of aryl methyl sites for hydroxylation is 1. The Morgan fingerprint density at radius 2 is 1.71 bits per heavy atom. The molecule has 2 rings (SSSR count). The van der Waals surface area contributed by atoms with Crippen LogP contribution in [0.15, 0.2) is 48.5 Å². The van der Waals surface area contributed by atoms with Crippen molar-refractivity contribution in [3.05, 3.63) is 70.2 Å².